The van der Waals surface area contributed by atoms with Gasteiger partial charge in [0.25, 0.3) is 0 Å². The molecule has 0 amide bonds. The van der Waals surface area contributed by atoms with Crippen LogP contribution in [0.2, 0.25) is 5.02 Å². The number of thiophene rings is 1. The maximum Gasteiger partial charge on any atom is 0.149 e. The van der Waals surface area contributed by atoms with E-state index in [1.807, 2.05) is 11.4 Å². The van der Waals surface area contributed by atoms with Crippen molar-refractivity contribution in [2.45, 2.75) is 19.8 Å². The number of H-pyrrole nitrogens is 1. The van der Waals surface area contributed by atoms with Crippen LogP contribution in [0.5, 0.6) is 0 Å². The predicted octanol–water partition coefficient (Wildman–Crippen LogP) is 3.33. The van der Waals surface area contributed by atoms with E-state index in [1.165, 1.54) is 0 Å². The molecule has 2 aromatic heterocycles. The third-order valence-electron chi connectivity index (χ3n) is 2.24. The molecule has 0 atom stereocenters. The Morgan fingerprint density at radius 1 is 1.60 bits per heavy atom. The van der Waals surface area contributed by atoms with Gasteiger partial charge in [0.05, 0.1) is 15.6 Å². The molecule has 0 aliphatic carbocycles. The third-order valence-corrected chi connectivity index (χ3v) is 3.60. The molecule has 0 unspecified atom stereocenters. The highest BCUT2D eigenvalue weighted by atomic mass is 35.5. The predicted molar refractivity (Wildman–Crippen MR) is 65.3 cm³/mol. The molecule has 3 N–H and O–H groups in total. The molecule has 15 heavy (non-hydrogen) atoms. The second kappa shape index (κ2) is 4.24. The van der Waals surface area contributed by atoms with E-state index in [4.69, 9.17) is 17.3 Å². The monoisotopic (exact) mass is 241 g/mol. The smallest absolute Gasteiger partial charge is 0.149 e. The van der Waals surface area contributed by atoms with E-state index in [0.29, 0.717) is 5.82 Å². The average molecular weight is 242 g/mol. The molecular formula is C10H12ClN3S. The number of hydrogen-bond acceptors (Lipinski definition) is 3. The van der Waals surface area contributed by atoms with Crippen LogP contribution in [0, 0.1) is 0 Å². The van der Waals surface area contributed by atoms with Crippen molar-refractivity contribution in [3.63, 3.8) is 0 Å². The fourth-order valence-corrected chi connectivity index (χ4v) is 2.72. The van der Waals surface area contributed by atoms with E-state index in [2.05, 4.69) is 17.1 Å². The van der Waals surface area contributed by atoms with Gasteiger partial charge in [-0.3, -0.25) is 5.10 Å². The van der Waals surface area contributed by atoms with Crippen LogP contribution in [0.3, 0.4) is 0 Å². The number of aromatic nitrogens is 2. The van der Waals surface area contributed by atoms with Crippen LogP contribution in [-0.2, 0) is 6.42 Å². The first-order valence-electron chi connectivity index (χ1n) is 4.80. The summed E-state index contributed by atoms with van der Waals surface area (Å²) in [6, 6.07) is 1.88. The number of nitrogens with zero attached hydrogens (tertiary/aromatic N) is 1. The van der Waals surface area contributed by atoms with Gasteiger partial charge >= 0.3 is 0 Å². The van der Waals surface area contributed by atoms with Crippen molar-refractivity contribution in [1.82, 2.24) is 10.2 Å². The van der Waals surface area contributed by atoms with Crippen molar-refractivity contribution in [1.29, 1.82) is 0 Å². The van der Waals surface area contributed by atoms with Gasteiger partial charge in [-0.15, -0.1) is 11.3 Å². The van der Waals surface area contributed by atoms with E-state index in [0.717, 1.165) is 34.0 Å². The van der Waals surface area contributed by atoms with E-state index in [9.17, 15) is 0 Å². The Hall–Kier alpha value is -1.00. The van der Waals surface area contributed by atoms with Gasteiger partial charge in [0.2, 0.25) is 0 Å². The minimum Gasteiger partial charge on any atom is -0.382 e. The molecule has 2 rings (SSSR count). The molecule has 0 saturated heterocycles. The van der Waals surface area contributed by atoms with Gasteiger partial charge < -0.3 is 5.73 Å². The van der Waals surface area contributed by atoms with Crippen LogP contribution in [0.1, 0.15) is 18.9 Å². The molecule has 5 heteroatoms. The zero-order valence-corrected chi connectivity index (χ0v) is 9.95. The summed E-state index contributed by atoms with van der Waals surface area (Å²) in [6.07, 6.45) is 1.96. The van der Waals surface area contributed by atoms with Crippen molar-refractivity contribution < 1.29 is 0 Å². The number of halogens is 1. The first-order valence-corrected chi connectivity index (χ1v) is 6.05. The Labute approximate surface area is 97.3 Å². The molecule has 0 aromatic carbocycles. The number of nitrogen functional groups attached to an aromatic ring is 1. The first-order chi connectivity index (χ1) is 7.24. The van der Waals surface area contributed by atoms with Crippen molar-refractivity contribution >= 4 is 28.8 Å². The Bertz CT molecular complexity index is 461. The molecule has 0 aliphatic heterocycles. The second-order valence-corrected chi connectivity index (χ2v) is 4.63. The van der Waals surface area contributed by atoms with Crippen LogP contribution >= 0.6 is 22.9 Å². The molecule has 0 bridgehead atoms. The number of nitrogens with two attached hydrogens (primary N) is 1. The second-order valence-electron chi connectivity index (χ2n) is 3.31. The molecule has 2 heterocycles. The zero-order chi connectivity index (χ0) is 10.8. The largest absolute Gasteiger partial charge is 0.382 e. The van der Waals surface area contributed by atoms with E-state index >= 15 is 0 Å². The van der Waals surface area contributed by atoms with Crippen molar-refractivity contribution in [3.8, 4) is 10.6 Å². The summed E-state index contributed by atoms with van der Waals surface area (Å²) in [5, 5.41) is 9.70. The zero-order valence-electron chi connectivity index (χ0n) is 8.38. The maximum atomic E-state index is 6.08. The summed E-state index contributed by atoms with van der Waals surface area (Å²) in [6.45, 7) is 2.12. The Balaban J connectivity index is 2.49. The molecular weight excluding hydrogens is 230 g/mol. The highest BCUT2D eigenvalue weighted by Gasteiger charge is 2.15. The summed E-state index contributed by atoms with van der Waals surface area (Å²) >= 11 is 7.67. The summed E-state index contributed by atoms with van der Waals surface area (Å²) in [7, 11) is 0. The molecule has 0 aliphatic rings. The molecule has 0 radical (unpaired) electrons. The first kappa shape index (κ1) is 10.5. The van der Waals surface area contributed by atoms with Gasteiger partial charge in [-0.05, 0) is 17.9 Å². The Kier molecular flexibility index (Phi) is 2.98. The van der Waals surface area contributed by atoms with E-state index in [-0.39, 0.29) is 0 Å². The SMILES string of the molecule is CCCc1c(N)n[nH]c1-c1sccc1Cl. The van der Waals surface area contributed by atoms with Crippen LogP contribution in [0.25, 0.3) is 10.6 Å². The normalized spacial score (nSPS) is 10.8. The molecule has 2 aromatic rings. The summed E-state index contributed by atoms with van der Waals surface area (Å²) in [5.74, 6) is 0.580. The fraction of sp³-hybridized carbons (Fsp3) is 0.300. The van der Waals surface area contributed by atoms with Crippen LogP contribution in [0.4, 0.5) is 5.82 Å². The quantitative estimate of drug-likeness (QED) is 0.866. The Morgan fingerprint density at radius 3 is 3.00 bits per heavy atom. The summed E-state index contributed by atoms with van der Waals surface area (Å²) < 4.78 is 0. The van der Waals surface area contributed by atoms with Crippen LogP contribution < -0.4 is 5.73 Å². The molecule has 0 fully saturated rings. The van der Waals surface area contributed by atoms with E-state index in [1.54, 1.807) is 11.3 Å². The standard InChI is InChI=1S/C10H12ClN3S/c1-2-3-6-8(13-14-10(6)12)9-7(11)4-5-15-9/h4-5H,2-3H2,1H3,(H3,12,13,14). The van der Waals surface area contributed by atoms with Gasteiger partial charge in [-0.2, -0.15) is 5.10 Å². The van der Waals surface area contributed by atoms with E-state index < -0.39 is 0 Å². The highest BCUT2D eigenvalue weighted by molar-refractivity contribution is 7.14. The summed E-state index contributed by atoms with van der Waals surface area (Å²) in [4.78, 5) is 1.02. The number of aromatic amines is 1. The Morgan fingerprint density at radius 2 is 2.40 bits per heavy atom. The molecule has 0 spiro atoms. The molecule has 80 valence electrons. The van der Waals surface area contributed by atoms with Crippen LogP contribution in [-0.4, -0.2) is 10.2 Å². The number of anilines is 1. The molecule has 3 nitrogen and oxygen atoms in total. The third kappa shape index (κ3) is 1.87. The minimum atomic E-state index is 0.580. The van der Waals surface area contributed by atoms with Crippen LogP contribution in [0.15, 0.2) is 11.4 Å². The molecule has 0 saturated carbocycles. The van der Waals surface area contributed by atoms with Crippen molar-refractivity contribution in [2.75, 3.05) is 5.73 Å². The van der Waals surface area contributed by atoms with Crippen molar-refractivity contribution in [2.24, 2.45) is 0 Å². The lowest BCUT2D eigenvalue weighted by Gasteiger charge is -2.00. The lowest BCUT2D eigenvalue weighted by atomic mass is 10.1. The minimum absolute atomic E-state index is 0.580. The van der Waals surface area contributed by atoms with Gasteiger partial charge in [0, 0.05) is 5.56 Å². The van der Waals surface area contributed by atoms with Gasteiger partial charge in [-0.1, -0.05) is 24.9 Å². The number of hydrogen-bond donors (Lipinski definition) is 2. The van der Waals surface area contributed by atoms with Crippen molar-refractivity contribution in [3.05, 3.63) is 22.0 Å². The number of nitrogens with one attached hydrogen (secondary N) is 1. The lowest BCUT2D eigenvalue weighted by molar-refractivity contribution is 0.927. The maximum absolute atomic E-state index is 6.08. The summed E-state index contributed by atoms with van der Waals surface area (Å²) in [5.41, 5.74) is 7.84. The fourth-order valence-electron chi connectivity index (χ4n) is 1.54. The highest BCUT2D eigenvalue weighted by Crippen LogP contribution is 2.35. The topological polar surface area (TPSA) is 54.7 Å². The van der Waals surface area contributed by atoms with Gasteiger partial charge in [0.15, 0.2) is 0 Å². The lowest BCUT2D eigenvalue weighted by Crippen LogP contribution is -1.92. The van der Waals surface area contributed by atoms with Gasteiger partial charge in [-0.25, -0.2) is 0 Å². The number of rotatable bonds is 3. The average Bonchev–Trinajstić information content (AvgIpc) is 2.76. The van der Waals surface area contributed by atoms with Gasteiger partial charge in [0.1, 0.15) is 5.82 Å².